The lowest BCUT2D eigenvalue weighted by molar-refractivity contribution is -0.122. The summed E-state index contributed by atoms with van der Waals surface area (Å²) < 4.78 is 25.9. The van der Waals surface area contributed by atoms with E-state index >= 15 is 0 Å². The molecule has 2 aromatic carbocycles. The van der Waals surface area contributed by atoms with Crippen molar-refractivity contribution in [1.29, 1.82) is 5.26 Å². The summed E-state index contributed by atoms with van der Waals surface area (Å²) in [6, 6.07) is 17.2. The van der Waals surface area contributed by atoms with Gasteiger partial charge in [0.15, 0.2) is 0 Å². The van der Waals surface area contributed by atoms with Crippen molar-refractivity contribution in [3.05, 3.63) is 83.4 Å². The Balaban J connectivity index is 1.54. The molecule has 1 fully saturated rings. The first-order valence-corrected chi connectivity index (χ1v) is 13.5. The Kier molecular flexibility index (Phi) is 7.34. The van der Waals surface area contributed by atoms with Crippen LogP contribution >= 0.6 is 0 Å². The predicted molar refractivity (Wildman–Crippen MR) is 135 cm³/mol. The van der Waals surface area contributed by atoms with Crippen molar-refractivity contribution < 1.29 is 13.2 Å². The van der Waals surface area contributed by atoms with Crippen molar-refractivity contribution in [2.75, 3.05) is 30.0 Å². The average Bonchev–Trinajstić information content (AvgIpc) is 3.25. The van der Waals surface area contributed by atoms with Gasteiger partial charge >= 0.3 is 0 Å². The van der Waals surface area contributed by atoms with Gasteiger partial charge in [-0.15, -0.1) is 0 Å². The van der Waals surface area contributed by atoms with E-state index in [4.69, 9.17) is 5.26 Å². The number of carbonyl (C=O) groups excluding carboxylic acids is 1. The molecule has 0 spiro atoms. The van der Waals surface area contributed by atoms with Gasteiger partial charge in [-0.1, -0.05) is 24.3 Å². The van der Waals surface area contributed by atoms with Gasteiger partial charge in [-0.25, -0.2) is 13.4 Å². The maximum absolute atomic E-state index is 13.1. The van der Waals surface area contributed by atoms with E-state index in [1.54, 1.807) is 29.6 Å². The number of aryl methyl sites for hydroxylation is 1. The van der Waals surface area contributed by atoms with E-state index in [-0.39, 0.29) is 24.2 Å². The molecule has 1 atom stereocenters. The lowest BCUT2D eigenvalue weighted by atomic mass is 10.1. The molecule has 1 unspecified atom stereocenters. The Morgan fingerprint density at radius 1 is 1.14 bits per heavy atom. The van der Waals surface area contributed by atoms with Gasteiger partial charge in [0.1, 0.15) is 9.84 Å². The number of nitrogens with zero attached hydrogens (tertiary/aromatic N) is 5. The monoisotopic (exact) mass is 491 g/mol. The highest BCUT2D eigenvalue weighted by Gasteiger charge is 2.33. The minimum absolute atomic E-state index is 0.00985. The zero-order valence-electron chi connectivity index (χ0n) is 20.0. The summed E-state index contributed by atoms with van der Waals surface area (Å²) >= 11 is 0. The summed E-state index contributed by atoms with van der Waals surface area (Å²) in [5.41, 5.74) is 4.49. The summed E-state index contributed by atoms with van der Waals surface area (Å²) in [5, 5.41) is 9.02. The van der Waals surface area contributed by atoms with Crippen LogP contribution in [0.25, 0.3) is 0 Å². The van der Waals surface area contributed by atoms with Crippen molar-refractivity contribution in [2.45, 2.75) is 32.5 Å². The van der Waals surface area contributed by atoms with E-state index in [2.05, 4.69) is 16.0 Å². The first kappa shape index (κ1) is 24.6. The average molecular weight is 492 g/mol. The molecule has 8 nitrogen and oxygen atoms in total. The van der Waals surface area contributed by atoms with Gasteiger partial charge in [0.2, 0.25) is 5.91 Å². The van der Waals surface area contributed by atoms with Crippen molar-refractivity contribution >= 4 is 21.4 Å². The lowest BCUT2D eigenvalue weighted by Gasteiger charge is -2.41. The van der Waals surface area contributed by atoms with Crippen LogP contribution in [0.4, 0.5) is 5.69 Å². The number of benzene rings is 2. The number of hydrogen-bond acceptors (Lipinski definition) is 6. The molecule has 0 N–H and O–H groups in total. The van der Waals surface area contributed by atoms with Crippen LogP contribution in [0.1, 0.15) is 28.8 Å². The van der Waals surface area contributed by atoms with Gasteiger partial charge in [0, 0.05) is 43.8 Å². The second-order valence-electron chi connectivity index (χ2n) is 9.14. The summed E-state index contributed by atoms with van der Waals surface area (Å²) in [6.45, 7) is 3.69. The van der Waals surface area contributed by atoms with Crippen LogP contribution < -0.4 is 4.90 Å². The first-order valence-electron chi connectivity index (χ1n) is 11.5. The molecule has 2 heterocycles. The Labute approximate surface area is 206 Å². The van der Waals surface area contributed by atoms with Crippen LogP contribution in [0.3, 0.4) is 0 Å². The molecule has 1 aliphatic rings. The van der Waals surface area contributed by atoms with Crippen molar-refractivity contribution in [1.82, 2.24) is 14.5 Å². The van der Waals surface area contributed by atoms with Crippen molar-refractivity contribution in [3.63, 3.8) is 0 Å². The van der Waals surface area contributed by atoms with Crippen LogP contribution in [0.15, 0.2) is 61.1 Å². The Morgan fingerprint density at radius 3 is 2.60 bits per heavy atom. The third kappa shape index (κ3) is 6.35. The highest BCUT2D eigenvalue weighted by atomic mass is 32.2. The largest absolute Gasteiger partial charge is 0.329 e. The molecule has 0 radical (unpaired) electrons. The molecule has 0 aliphatic carbocycles. The zero-order valence-corrected chi connectivity index (χ0v) is 20.8. The molecule has 9 heteroatoms. The quantitative estimate of drug-likeness (QED) is 0.481. The fourth-order valence-electron chi connectivity index (χ4n) is 4.38. The van der Waals surface area contributed by atoms with Crippen molar-refractivity contribution in [2.24, 2.45) is 0 Å². The molecule has 0 saturated carbocycles. The Hall–Kier alpha value is -3.48. The van der Waals surface area contributed by atoms with E-state index in [0.717, 1.165) is 22.5 Å². The number of imidazole rings is 1. The molecule has 1 amide bonds. The standard InChI is InChI=1S/C26H29N5O3S/c1-20-4-3-5-23(12-20)31-17-24(10-11-35(2,33)34)29(18-26(31)32)16-25-14-28-19-30(25)15-22-8-6-21(13-27)7-9-22/h3-9,12,14,19,24H,10-11,15-18H2,1-2H3. The van der Waals surface area contributed by atoms with Crippen LogP contribution in [-0.4, -0.2) is 59.9 Å². The Bertz CT molecular complexity index is 1340. The van der Waals surface area contributed by atoms with Gasteiger partial charge in [0.25, 0.3) is 0 Å². The number of aromatic nitrogens is 2. The van der Waals surface area contributed by atoms with Crippen LogP contribution in [-0.2, 0) is 27.7 Å². The minimum atomic E-state index is -3.14. The summed E-state index contributed by atoms with van der Waals surface area (Å²) in [6.07, 6.45) is 5.23. The second-order valence-corrected chi connectivity index (χ2v) is 11.4. The van der Waals surface area contributed by atoms with E-state index in [1.165, 1.54) is 6.26 Å². The fourth-order valence-corrected chi connectivity index (χ4v) is 5.08. The topological polar surface area (TPSA) is 99.3 Å². The third-order valence-electron chi connectivity index (χ3n) is 6.28. The van der Waals surface area contributed by atoms with Crippen LogP contribution in [0.2, 0.25) is 0 Å². The second kappa shape index (κ2) is 10.4. The predicted octanol–water partition coefficient (Wildman–Crippen LogP) is 2.76. The minimum Gasteiger partial charge on any atom is -0.329 e. The molecule has 35 heavy (non-hydrogen) atoms. The number of hydrogen-bond donors (Lipinski definition) is 0. The molecule has 1 saturated heterocycles. The van der Waals surface area contributed by atoms with E-state index < -0.39 is 9.84 Å². The maximum Gasteiger partial charge on any atom is 0.241 e. The number of piperazine rings is 1. The van der Waals surface area contributed by atoms with Crippen LogP contribution in [0, 0.1) is 18.3 Å². The highest BCUT2D eigenvalue weighted by molar-refractivity contribution is 7.90. The smallest absolute Gasteiger partial charge is 0.241 e. The molecule has 182 valence electrons. The molecule has 1 aliphatic heterocycles. The third-order valence-corrected chi connectivity index (χ3v) is 7.26. The van der Waals surface area contributed by atoms with E-state index in [1.807, 2.05) is 47.9 Å². The number of anilines is 1. The van der Waals surface area contributed by atoms with Gasteiger partial charge in [0.05, 0.1) is 36.0 Å². The van der Waals surface area contributed by atoms with Gasteiger partial charge in [-0.2, -0.15) is 5.26 Å². The molecule has 4 rings (SSSR count). The fraction of sp³-hybridized carbons (Fsp3) is 0.346. The highest BCUT2D eigenvalue weighted by Crippen LogP contribution is 2.24. The van der Waals surface area contributed by atoms with Crippen molar-refractivity contribution in [3.8, 4) is 6.07 Å². The molecular formula is C26H29N5O3S. The zero-order chi connectivity index (χ0) is 25.0. The van der Waals surface area contributed by atoms with E-state index in [9.17, 15) is 13.2 Å². The van der Waals surface area contributed by atoms with Crippen LogP contribution in [0.5, 0.6) is 0 Å². The molecular weight excluding hydrogens is 462 g/mol. The van der Waals surface area contributed by atoms with Gasteiger partial charge < -0.3 is 9.47 Å². The normalized spacial score (nSPS) is 16.9. The summed E-state index contributed by atoms with van der Waals surface area (Å²) in [5.74, 6) is 0.0542. The summed E-state index contributed by atoms with van der Waals surface area (Å²) in [7, 11) is -3.14. The van der Waals surface area contributed by atoms with E-state index in [0.29, 0.717) is 31.6 Å². The first-order chi connectivity index (χ1) is 16.7. The maximum atomic E-state index is 13.1. The number of sulfone groups is 1. The lowest BCUT2D eigenvalue weighted by Crippen LogP contribution is -2.56. The summed E-state index contributed by atoms with van der Waals surface area (Å²) in [4.78, 5) is 21.3. The molecule has 1 aromatic heterocycles. The SMILES string of the molecule is Cc1cccc(N2CC(CCS(C)(=O)=O)N(Cc3cncn3Cc3ccc(C#N)cc3)CC2=O)c1. The molecule has 3 aromatic rings. The number of carbonyl (C=O) groups is 1. The van der Waals surface area contributed by atoms with Gasteiger partial charge in [-0.3, -0.25) is 9.69 Å². The number of rotatable bonds is 8. The number of nitriles is 1. The Morgan fingerprint density at radius 2 is 1.91 bits per heavy atom. The van der Waals surface area contributed by atoms with Gasteiger partial charge in [-0.05, 0) is 48.7 Å². The molecule has 0 bridgehead atoms. The number of amides is 1.